The van der Waals surface area contributed by atoms with Crippen molar-refractivity contribution in [1.29, 1.82) is 0 Å². The molecule has 86 valence electrons. The lowest BCUT2D eigenvalue weighted by molar-refractivity contribution is 0.0513. The zero-order valence-corrected chi connectivity index (χ0v) is 9.29. The van der Waals surface area contributed by atoms with Crippen LogP contribution in [0.3, 0.4) is 0 Å². The molecule has 1 saturated heterocycles. The molecule has 1 heterocycles. The van der Waals surface area contributed by atoms with Crippen molar-refractivity contribution < 1.29 is 5.11 Å². The van der Waals surface area contributed by atoms with Crippen LogP contribution < -0.4 is 5.73 Å². The molecule has 3 rings (SSSR count). The normalized spacial score (nSPS) is 38.1. The third-order valence-corrected chi connectivity index (χ3v) is 4.00. The van der Waals surface area contributed by atoms with Gasteiger partial charge in [-0.3, -0.25) is 4.90 Å². The van der Waals surface area contributed by atoms with Gasteiger partial charge in [-0.05, 0) is 17.9 Å². The van der Waals surface area contributed by atoms with Crippen LogP contribution in [0, 0.1) is 5.92 Å². The number of hydrogen-bond acceptors (Lipinski definition) is 3. The Morgan fingerprint density at radius 1 is 1.31 bits per heavy atom. The molecule has 0 spiro atoms. The summed E-state index contributed by atoms with van der Waals surface area (Å²) in [6, 6.07) is 10.7. The van der Waals surface area contributed by atoms with E-state index in [9.17, 15) is 5.11 Å². The predicted octanol–water partition coefficient (Wildman–Crippen LogP) is 0.579. The number of nitrogens with zero attached hydrogens (tertiary/aromatic N) is 1. The first-order valence-corrected chi connectivity index (χ1v) is 5.97. The van der Waals surface area contributed by atoms with Crippen molar-refractivity contribution in [2.24, 2.45) is 11.7 Å². The minimum absolute atomic E-state index is 0.165. The fraction of sp³-hybridized carbons (Fsp3) is 0.538. The summed E-state index contributed by atoms with van der Waals surface area (Å²) in [6.45, 7) is 1.95. The molecule has 2 fully saturated rings. The number of fused-ring (bicyclic) bond motifs is 2. The summed E-state index contributed by atoms with van der Waals surface area (Å²) >= 11 is 0. The second-order valence-corrected chi connectivity index (χ2v) is 5.05. The largest absolute Gasteiger partial charge is 0.391 e. The summed E-state index contributed by atoms with van der Waals surface area (Å²) in [7, 11) is 0. The third kappa shape index (κ3) is 1.56. The summed E-state index contributed by atoms with van der Waals surface area (Å²) in [5, 5.41) is 9.92. The van der Waals surface area contributed by atoms with Crippen molar-refractivity contribution >= 4 is 0 Å². The highest BCUT2D eigenvalue weighted by atomic mass is 16.3. The standard InChI is InChI=1S/C13H18N2O/c14-12-10-6-11(16)13(12)15(8-10)7-9-4-2-1-3-5-9/h1-5,10-13,16H,6-8,14H2. The van der Waals surface area contributed by atoms with Gasteiger partial charge >= 0.3 is 0 Å². The molecule has 2 bridgehead atoms. The molecule has 1 aliphatic heterocycles. The predicted molar refractivity (Wildman–Crippen MR) is 62.7 cm³/mol. The van der Waals surface area contributed by atoms with Crippen molar-refractivity contribution in [1.82, 2.24) is 4.90 Å². The number of likely N-dealkylation sites (tertiary alicyclic amines) is 1. The summed E-state index contributed by atoms with van der Waals surface area (Å²) in [5.74, 6) is 0.490. The van der Waals surface area contributed by atoms with E-state index < -0.39 is 0 Å². The number of aliphatic hydroxyl groups excluding tert-OH is 1. The highest BCUT2D eigenvalue weighted by Gasteiger charge is 2.50. The first-order valence-electron chi connectivity index (χ1n) is 5.97. The second kappa shape index (κ2) is 3.84. The SMILES string of the molecule is NC1C2CC(O)C1N(Cc1ccccc1)C2. The molecule has 1 aliphatic carbocycles. The molecule has 3 heteroatoms. The minimum atomic E-state index is -0.225. The Kier molecular flexibility index (Phi) is 2.46. The van der Waals surface area contributed by atoms with Gasteiger partial charge in [-0.1, -0.05) is 30.3 Å². The van der Waals surface area contributed by atoms with Crippen molar-refractivity contribution in [3.63, 3.8) is 0 Å². The summed E-state index contributed by atoms with van der Waals surface area (Å²) in [6.07, 6.45) is 0.661. The average molecular weight is 218 g/mol. The third-order valence-electron chi connectivity index (χ3n) is 4.00. The summed E-state index contributed by atoms with van der Waals surface area (Å²) in [4.78, 5) is 2.33. The Balaban J connectivity index is 1.74. The molecule has 0 aromatic heterocycles. The number of benzene rings is 1. The quantitative estimate of drug-likeness (QED) is 0.763. The average Bonchev–Trinajstić information content (AvgIpc) is 2.71. The highest BCUT2D eigenvalue weighted by Crippen LogP contribution is 2.37. The van der Waals surface area contributed by atoms with Gasteiger partial charge in [0.2, 0.25) is 0 Å². The minimum Gasteiger partial charge on any atom is -0.391 e. The van der Waals surface area contributed by atoms with Crippen LogP contribution in [0.1, 0.15) is 12.0 Å². The van der Waals surface area contributed by atoms with Gasteiger partial charge in [0, 0.05) is 19.1 Å². The fourth-order valence-corrected chi connectivity index (χ4v) is 3.24. The molecule has 2 aliphatic rings. The number of aliphatic hydroxyl groups is 1. The van der Waals surface area contributed by atoms with E-state index in [0.29, 0.717) is 5.92 Å². The molecule has 1 aromatic rings. The molecule has 3 N–H and O–H groups in total. The smallest absolute Gasteiger partial charge is 0.0714 e. The van der Waals surface area contributed by atoms with Crippen molar-refractivity contribution in [2.45, 2.75) is 31.2 Å². The van der Waals surface area contributed by atoms with Gasteiger partial charge in [0.25, 0.3) is 0 Å². The number of nitrogens with two attached hydrogens (primary N) is 1. The topological polar surface area (TPSA) is 49.5 Å². The maximum Gasteiger partial charge on any atom is 0.0714 e. The van der Waals surface area contributed by atoms with E-state index in [-0.39, 0.29) is 18.2 Å². The van der Waals surface area contributed by atoms with Crippen molar-refractivity contribution in [3.05, 3.63) is 35.9 Å². The van der Waals surface area contributed by atoms with E-state index in [1.54, 1.807) is 0 Å². The van der Waals surface area contributed by atoms with Gasteiger partial charge in [-0.15, -0.1) is 0 Å². The second-order valence-electron chi connectivity index (χ2n) is 5.05. The lowest BCUT2D eigenvalue weighted by atomic mass is 10.1. The van der Waals surface area contributed by atoms with E-state index in [2.05, 4.69) is 29.2 Å². The lowest BCUT2D eigenvalue weighted by Crippen LogP contribution is -2.44. The number of rotatable bonds is 2. The van der Waals surface area contributed by atoms with E-state index in [0.717, 1.165) is 19.5 Å². The van der Waals surface area contributed by atoms with Crippen LogP contribution in [0.2, 0.25) is 0 Å². The van der Waals surface area contributed by atoms with Crippen LogP contribution >= 0.6 is 0 Å². The van der Waals surface area contributed by atoms with Crippen LogP contribution in [-0.2, 0) is 6.54 Å². The molecule has 16 heavy (non-hydrogen) atoms. The Bertz CT molecular complexity index is 367. The van der Waals surface area contributed by atoms with Gasteiger partial charge in [0.05, 0.1) is 12.1 Å². The van der Waals surface area contributed by atoms with Crippen LogP contribution in [0.4, 0.5) is 0 Å². The van der Waals surface area contributed by atoms with E-state index in [1.165, 1.54) is 5.56 Å². The van der Waals surface area contributed by atoms with E-state index in [1.807, 2.05) is 6.07 Å². The van der Waals surface area contributed by atoms with Gasteiger partial charge < -0.3 is 10.8 Å². The first-order chi connectivity index (χ1) is 7.75. The van der Waals surface area contributed by atoms with Gasteiger partial charge in [-0.25, -0.2) is 0 Å². The lowest BCUT2D eigenvalue weighted by Gasteiger charge is -2.30. The summed E-state index contributed by atoms with van der Waals surface area (Å²) in [5.41, 5.74) is 7.42. The molecular formula is C13H18N2O. The number of hydrogen-bond donors (Lipinski definition) is 2. The molecule has 0 radical (unpaired) electrons. The van der Waals surface area contributed by atoms with Crippen molar-refractivity contribution in [2.75, 3.05) is 6.54 Å². The monoisotopic (exact) mass is 218 g/mol. The van der Waals surface area contributed by atoms with Crippen molar-refractivity contribution in [3.8, 4) is 0 Å². The van der Waals surface area contributed by atoms with E-state index in [4.69, 9.17) is 5.73 Å². The Hall–Kier alpha value is -0.900. The first kappa shape index (κ1) is 10.3. The Morgan fingerprint density at radius 3 is 2.69 bits per heavy atom. The molecule has 4 unspecified atom stereocenters. The van der Waals surface area contributed by atoms with Crippen LogP contribution in [0.5, 0.6) is 0 Å². The molecular weight excluding hydrogens is 200 g/mol. The zero-order chi connectivity index (χ0) is 11.1. The zero-order valence-electron chi connectivity index (χ0n) is 9.29. The highest BCUT2D eigenvalue weighted by molar-refractivity contribution is 5.16. The molecule has 1 aromatic carbocycles. The molecule has 0 amide bonds. The van der Waals surface area contributed by atoms with Gasteiger partial charge in [0.15, 0.2) is 0 Å². The fourth-order valence-electron chi connectivity index (χ4n) is 3.24. The molecule has 3 nitrogen and oxygen atoms in total. The summed E-state index contributed by atoms with van der Waals surface area (Å²) < 4.78 is 0. The number of piperidine rings is 1. The van der Waals surface area contributed by atoms with Gasteiger partial charge in [-0.2, -0.15) is 0 Å². The van der Waals surface area contributed by atoms with Crippen LogP contribution in [0.15, 0.2) is 30.3 Å². The Morgan fingerprint density at radius 2 is 2.06 bits per heavy atom. The Labute approximate surface area is 95.9 Å². The molecule has 4 atom stereocenters. The maximum absolute atomic E-state index is 9.92. The van der Waals surface area contributed by atoms with Crippen LogP contribution in [-0.4, -0.2) is 34.7 Å². The van der Waals surface area contributed by atoms with E-state index >= 15 is 0 Å². The maximum atomic E-state index is 9.92. The van der Waals surface area contributed by atoms with Crippen LogP contribution in [0.25, 0.3) is 0 Å². The molecule has 1 saturated carbocycles. The van der Waals surface area contributed by atoms with Gasteiger partial charge in [0.1, 0.15) is 0 Å².